The third-order valence-corrected chi connectivity index (χ3v) is 1.68. The summed E-state index contributed by atoms with van der Waals surface area (Å²) >= 11 is 0. The first kappa shape index (κ1) is 9.50. The lowest BCUT2D eigenvalue weighted by Gasteiger charge is -2.09. The van der Waals surface area contributed by atoms with Gasteiger partial charge < -0.3 is 10.8 Å². The van der Waals surface area contributed by atoms with Gasteiger partial charge in [0.2, 0.25) is 0 Å². The normalized spacial score (nSPS) is 12.2. The summed E-state index contributed by atoms with van der Waals surface area (Å²) in [5.74, 6) is 4.57. The SMILES string of the molecule is NNC(=O)[C@H](N)c1ccc(O)cc1. The van der Waals surface area contributed by atoms with Gasteiger partial charge in [-0.15, -0.1) is 0 Å². The quantitative estimate of drug-likeness (QED) is 0.277. The highest BCUT2D eigenvalue weighted by atomic mass is 16.3. The number of carbonyl (C=O) groups is 1. The van der Waals surface area contributed by atoms with E-state index in [1.54, 1.807) is 12.1 Å². The number of benzene rings is 1. The number of rotatable bonds is 2. The maximum absolute atomic E-state index is 11.0. The van der Waals surface area contributed by atoms with Crippen LogP contribution in [0.25, 0.3) is 0 Å². The summed E-state index contributed by atoms with van der Waals surface area (Å²) in [7, 11) is 0. The van der Waals surface area contributed by atoms with Crippen LogP contribution in [0.5, 0.6) is 5.75 Å². The molecular weight excluding hydrogens is 170 g/mol. The molecule has 0 heterocycles. The number of amides is 1. The zero-order chi connectivity index (χ0) is 9.84. The first-order valence-electron chi connectivity index (χ1n) is 3.70. The van der Waals surface area contributed by atoms with E-state index in [0.717, 1.165) is 0 Å². The van der Waals surface area contributed by atoms with Gasteiger partial charge in [-0.05, 0) is 17.7 Å². The minimum Gasteiger partial charge on any atom is -0.508 e. The third-order valence-electron chi connectivity index (χ3n) is 1.68. The molecule has 0 saturated carbocycles. The number of nitrogens with one attached hydrogen (secondary N) is 1. The highest BCUT2D eigenvalue weighted by molar-refractivity contribution is 5.82. The van der Waals surface area contributed by atoms with Crippen LogP contribution < -0.4 is 17.0 Å². The molecule has 5 nitrogen and oxygen atoms in total. The molecule has 1 aromatic rings. The van der Waals surface area contributed by atoms with Crippen LogP contribution in [-0.4, -0.2) is 11.0 Å². The molecule has 1 atom stereocenters. The zero-order valence-corrected chi connectivity index (χ0v) is 6.90. The van der Waals surface area contributed by atoms with Gasteiger partial charge in [0.05, 0.1) is 0 Å². The molecule has 6 N–H and O–H groups in total. The van der Waals surface area contributed by atoms with Gasteiger partial charge in [-0.3, -0.25) is 10.2 Å². The number of hydrogen-bond acceptors (Lipinski definition) is 4. The molecule has 1 amide bonds. The van der Waals surface area contributed by atoms with Crippen LogP contribution in [0.1, 0.15) is 11.6 Å². The van der Waals surface area contributed by atoms with Crippen molar-refractivity contribution in [2.45, 2.75) is 6.04 Å². The lowest BCUT2D eigenvalue weighted by molar-refractivity contribution is -0.122. The van der Waals surface area contributed by atoms with Crippen molar-refractivity contribution < 1.29 is 9.90 Å². The monoisotopic (exact) mass is 181 g/mol. The van der Waals surface area contributed by atoms with E-state index in [4.69, 9.17) is 16.7 Å². The number of aromatic hydroxyl groups is 1. The van der Waals surface area contributed by atoms with Crippen LogP contribution in [0, 0.1) is 0 Å². The average Bonchev–Trinajstić information content (AvgIpc) is 2.17. The van der Waals surface area contributed by atoms with Crippen molar-refractivity contribution >= 4 is 5.91 Å². The Bertz CT molecular complexity index is 297. The van der Waals surface area contributed by atoms with Crippen molar-refractivity contribution in [3.05, 3.63) is 29.8 Å². The van der Waals surface area contributed by atoms with E-state index in [0.29, 0.717) is 5.56 Å². The van der Waals surface area contributed by atoms with E-state index in [-0.39, 0.29) is 5.75 Å². The van der Waals surface area contributed by atoms with Crippen molar-refractivity contribution in [1.29, 1.82) is 0 Å². The molecule has 0 aromatic heterocycles. The van der Waals surface area contributed by atoms with E-state index >= 15 is 0 Å². The summed E-state index contributed by atoms with van der Waals surface area (Å²) < 4.78 is 0. The Morgan fingerprint density at radius 1 is 1.38 bits per heavy atom. The molecule has 0 radical (unpaired) electrons. The molecule has 0 aliphatic rings. The summed E-state index contributed by atoms with van der Waals surface area (Å²) in [5.41, 5.74) is 8.07. The standard InChI is InChI=1S/C8H11N3O2/c9-7(8(13)11-10)5-1-3-6(12)4-2-5/h1-4,7,12H,9-10H2,(H,11,13)/t7-/m1/s1. The van der Waals surface area contributed by atoms with Crippen molar-refractivity contribution in [1.82, 2.24) is 5.43 Å². The van der Waals surface area contributed by atoms with Crippen molar-refractivity contribution in [3.63, 3.8) is 0 Å². The summed E-state index contributed by atoms with van der Waals surface area (Å²) in [6.45, 7) is 0. The second kappa shape index (κ2) is 3.88. The highest BCUT2D eigenvalue weighted by Crippen LogP contribution is 2.14. The molecule has 1 rings (SSSR count). The molecule has 0 aliphatic carbocycles. The van der Waals surface area contributed by atoms with E-state index in [2.05, 4.69) is 0 Å². The fraction of sp³-hybridized carbons (Fsp3) is 0.125. The summed E-state index contributed by atoms with van der Waals surface area (Å²) in [6.07, 6.45) is 0. The van der Waals surface area contributed by atoms with Gasteiger partial charge in [-0.2, -0.15) is 0 Å². The number of nitrogens with two attached hydrogens (primary N) is 2. The smallest absolute Gasteiger partial charge is 0.255 e. The Labute approximate surface area is 75.3 Å². The molecule has 0 bridgehead atoms. The summed E-state index contributed by atoms with van der Waals surface area (Å²) in [5, 5.41) is 8.97. The summed E-state index contributed by atoms with van der Waals surface area (Å²) in [6, 6.07) is 5.24. The molecular formula is C8H11N3O2. The molecule has 5 heteroatoms. The van der Waals surface area contributed by atoms with Crippen LogP contribution in [0.15, 0.2) is 24.3 Å². The Balaban J connectivity index is 2.83. The van der Waals surface area contributed by atoms with E-state index in [1.165, 1.54) is 12.1 Å². The van der Waals surface area contributed by atoms with Gasteiger partial charge in [0.15, 0.2) is 0 Å². The van der Waals surface area contributed by atoms with E-state index in [9.17, 15) is 4.79 Å². The number of hydrazine groups is 1. The van der Waals surface area contributed by atoms with Crippen LogP contribution >= 0.6 is 0 Å². The van der Waals surface area contributed by atoms with Gasteiger partial charge >= 0.3 is 0 Å². The number of phenolic OH excluding ortho intramolecular Hbond substituents is 1. The van der Waals surface area contributed by atoms with Crippen molar-refractivity contribution in [2.75, 3.05) is 0 Å². The van der Waals surface area contributed by atoms with E-state index in [1.807, 2.05) is 5.43 Å². The number of carbonyl (C=O) groups excluding carboxylic acids is 1. The van der Waals surface area contributed by atoms with Gasteiger partial charge in [-0.25, -0.2) is 5.84 Å². The highest BCUT2D eigenvalue weighted by Gasteiger charge is 2.13. The molecule has 70 valence electrons. The lowest BCUT2D eigenvalue weighted by Crippen LogP contribution is -2.38. The fourth-order valence-corrected chi connectivity index (χ4v) is 0.923. The van der Waals surface area contributed by atoms with Gasteiger partial charge in [-0.1, -0.05) is 12.1 Å². The predicted molar refractivity (Wildman–Crippen MR) is 47.4 cm³/mol. The lowest BCUT2D eigenvalue weighted by atomic mass is 10.1. The Kier molecular flexibility index (Phi) is 2.84. The molecule has 0 aliphatic heterocycles. The first-order valence-corrected chi connectivity index (χ1v) is 3.70. The topological polar surface area (TPSA) is 101 Å². The van der Waals surface area contributed by atoms with Gasteiger partial charge in [0.1, 0.15) is 11.8 Å². The molecule has 0 fully saturated rings. The maximum atomic E-state index is 11.0. The van der Waals surface area contributed by atoms with Crippen LogP contribution in [-0.2, 0) is 4.79 Å². The maximum Gasteiger partial charge on any atom is 0.255 e. The predicted octanol–water partition coefficient (Wildman–Crippen LogP) is -0.618. The minimum atomic E-state index is -0.800. The number of hydrogen-bond donors (Lipinski definition) is 4. The fourth-order valence-electron chi connectivity index (χ4n) is 0.923. The van der Waals surface area contributed by atoms with E-state index < -0.39 is 11.9 Å². The van der Waals surface area contributed by atoms with Crippen LogP contribution in [0.2, 0.25) is 0 Å². The third kappa shape index (κ3) is 2.17. The van der Waals surface area contributed by atoms with Crippen molar-refractivity contribution in [3.8, 4) is 5.75 Å². The van der Waals surface area contributed by atoms with Crippen molar-refractivity contribution in [2.24, 2.45) is 11.6 Å². The number of phenols is 1. The minimum absolute atomic E-state index is 0.129. The first-order chi connectivity index (χ1) is 6.15. The Morgan fingerprint density at radius 3 is 2.38 bits per heavy atom. The molecule has 1 aromatic carbocycles. The molecule has 0 spiro atoms. The van der Waals surface area contributed by atoms with Gasteiger partial charge in [0.25, 0.3) is 5.91 Å². The molecule has 13 heavy (non-hydrogen) atoms. The average molecular weight is 181 g/mol. The largest absolute Gasteiger partial charge is 0.508 e. The Morgan fingerprint density at radius 2 is 1.92 bits per heavy atom. The Hall–Kier alpha value is -1.59. The summed E-state index contributed by atoms with van der Waals surface area (Å²) in [4.78, 5) is 11.0. The van der Waals surface area contributed by atoms with Crippen LogP contribution in [0.3, 0.4) is 0 Å². The second-order valence-electron chi connectivity index (χ2n) is 2.58. The second-order valence-corrected chi connectivity index (χ2v) is 2.58. The van der Waals surface area contributed by atoms with Gasteiger partial charge in [0, 0.05) is 0 Å². The molecule has 0 saturated heterocycles. The van der Waals surface area contributed by atoms with Crippen LogP contribution in [0.4, 0.5) is 0 Å². The molecule has 0 unspecified atom stereocenters. The zero-order valence-electron chi connectivity index (χ0n) is 6.90.